The molecule has 1 rings (SSSR count). The molecule has 1 aromatic rings. The summed E-state index contributed by atoms with van der Waals surface area (Å²) in [5.74, 6) is 2.52. The Morgan fingerprint density at radius 2 is 2.00 bits per heavy atom. The molecule has 1 atom stereocenters. The maximum absolute atomic E-state index is 11.3. The van der Waals surface area contributed by atoms with Crippen LogP contribution in [0.15, 0.2) is 34.1 Å². The molecule has 0 spiro atoms. The summed E-state index contributed by atoms with van der Waals surface area (Å²) in [6.45, 7) is 3.49. The normalized spacial score (nSPS) is 12.9. The summed E-state index contributed by atoms with van der Waals surface area (Å²) in [5.41, 5.74) is 0. The van der Waals surface area contributed by atoms with Crippen molar-refractivity contribution in [2.75, 3.05) is 19.3 Å². The molecule has 18 heavy (non-hydrogen) atoms. The van der Waals surface area contributed by atoms with Crippen molar-refractivity contribution < 1.29 is 8.42 Å². The Balaban J connectivity index is 2.56. The van der Waals surface area contributed by atoms with E-state index in [1.807, 2.05) is 12.1 Å². The van der Waals surface area contributed by atoms with Gasteiger partial charge in [-0.25, -0.2) is 8.42 Å². The van der Waals surface area contributed by atoms with Crippen molar-refractivity contribution >= 4 is 21.6 Å². The minimum absolute atomic E-state index is 0.352. The quantitative estimate of drug-likeness (QED) is 0.491. The van der Waals surface area contributed by atoms with E-state index in [2.05, 4.69) is 18.2 Å². The molecule has 0 saturated heterocycles. The van der Waals surface area contributed by atoms with Crippen molar-refractivity contribution in [3.63, 3.8) is 0 Å². The molecule has 0 heterocycles. The van der Waals surface area contributed by atoms with E-state index in [0.717, 1.165) is 11.4 Å². The molecule has 0 aliphatic carbocycles. The van der Waals surface area contributed by atoms with Gasteiger partial charge in [0.05, 0.1) is 11.4 Å². The zero-order valence-corrected chi connectivity index (χ0v) is 12.1. The first-order valence-electron chi connectivity index (χ1n) is 5.54. The molecule has 0 fully saturated rings. The molecule has 0 aliphatic rings. The van der Waals surface area contributed by atoms with Gasteiger partial charge in [-0.2, -0.15) is 0 Å². The van der Waals surface area contributed by atoms with Crippen LogP contribution in [0.3, 0.4) is 0 Å². The number of hydrogen-bond donors (Lipinski definition) is 1. The molecule has 1 unspecified atom stereocenters. The van der Waals surface area contributed by atoms with Gasteiger partial charge in [-0.3, -0.25) is 0 Å². The van der Waals surface area contributed by atoms with Crippen LogP contribution in [0.25, 0.3) is 0 Å². The van der Waals surface area contributed by atoms with E-state index in [4.69, 9.17) is 6.42 Å². The largest absolute Gasteiger partial charge is 0.305 e. The number of sulfone groups is 1. The fraction of sp³-hybridized carbons (Fsp3) is 0.385. The highest BCUT2D eigenvalue weighted by Crippen LogP contribution is 2.24. The highest BCUT2D eigenvalue weighted by atomic mass is 32.2. The Kier molecular flexibility index (Phi) is 5.73. The topological polar surface area (TPSA) is 46.2 Å². The van der Waals surface area contributed by atoms with Crippen LogP contribution in [-0.4, -0.2) is 33.0 Å². The molecule has 0 amide bonds. The molecule has 1 aromatic carbocycles. The van der Waals surface area contributed by atoms with Crippen molar-refractivity contribution in [3.8, 4) is 12.3 Å². The van der Waals surface area contributed by atoms with Gasteiger partial charge in [-0.05, 0) is 24.3 Å². The maximum Gasteiger partial charge on any atom is 0.175 e. The molecule has 0 aromatic heterocycles. The number of nitrogens with one attached hydrogen (secondary N) is 1. The standard InChI is InChI=1S/C13H17NO2S2/c1-4-9-14-10-11(2)17-12-5-7-13(8-6-12)18(3,15)16/h1,5-8,11,14H,9-10H2,2-3H3. The number of thioether (sulfide) groups is 1. The van der Waals surface area contributed by atoms with Gasteiger partial charge in [-0.1, -0.05) is 12.8 Å². The molecule has 0 radical (unpaired) electrons. The summed E-state index contributed by atoms with van der Waals surface area (Å²) >= 11 is 1.69. The first-order valence-corrected chi connectivity index (χ1v) is 8.31. The fourth-order valence-electron chi connectivity index (χ4n) is 1.39. The Labute approximate surface area is 113 Å². The van der Waals surface area contributed by atoms with E-state index >= 15 is 0 Å². The summed E-state index contributed by atoms with van der Waals surface area (Å²) in [7, 11) is -3.11. The van der Waals surface area contributed by atoms with Crippen LogP contribution >= 0.6 is 11.8 Å². The minimum Gasteiger partial charge on any atom is -0.305 e. The van der Waals surface area contributed by atoms with Gasteiger partial charge in [0.1, 0.15) is 0 Å². The Bertz CT molecular complexity index is 515. The minimum atomic E-state index is -3.11. The molecule has 1 N–H and O–H groups in total. The average molecular weight is 283 g/mol. The molecule has 0 bridgehead atoms. The van der Waals surface area contributed by atoms with Crippen molar-refractivity contribution in [1.29, 1.82) is 0 Å². The number of terminal acetylenes is 1. The van der Waals surface area contributed by atoms with Gasteiger partial charge in [0.2, 0.25) is 0 Å². The van der Waals surface area contributed by atoms with E-state index in [1.165, 1.54) is 6.26 Å². The fourth-order valence-corrected chi connectivity index (χ4v) is 2.98. The zero-order valence-electron chi connectivity index (χ0n) is 10.5. The van der Waals surface area contributed by atoms with Crippen LogP contribution in [0.4, 0.5) is 0 Å². The third-order valence-corrected chi connectivity index (χ3v) is 4.49. The van der Waals surface area contributed by atoms with E-state index in [9.17, 15) is 8.42 Å². The lowest BCUT2D eigenvalue weighted by atomic mass is 10.4. The summed E-state index contributed by atoms with van der Waals surface area (Å²) < 4.78 is 22.6. The third kappa shape index (κ3) is 5.13. The highest BCUT2D eigenvalue weighted by molar-refractivity contribution is 8.00. The number of benzene rings is 1. The monoisotopic (exact) mass is 283 g/mol. The van der Waals surface area contributed by atoms with Crippen molar-refractivity contribution in [2.24, 2.45) is 0 Å². The van der Waals surface area contributed by atoms with Gasteiger partial charge < -0.3 is 5.32 Å². The van der Waals surface area contributed by atoms with Crippen molar-refractivity contribution in [1.82, 2.24) is 5.32 Å². The molecule has 0 saturated carbocycles. The predicted octanol–water partition coefficient (Wildman–Crippen LogP) is 1.79. The molecule has 0 aliphatic heterocycles. The van der Waals surface area contributed by atoms with Crippen LogP contribution < -0.4 is 5.32 Å². The van der Waals surface area contributed by atoms with Crippen LogP contribution in [0.1, 0.15) is 6.92 Å². The first kappa shape index (κ1) is 15.1. The molecular formula is C13H17NO2S2. The second kappa shape index (κ2) is 6.83. The SMILES string of the molecule is C#CCNCC(C)Sc1ccc(S(C)(=O)=O)cc1. The zero-order chi connectivity index (χ0) is 13.6. The first-order chi connectivity index (χ1) is 8.43. The van der Waals surface area contributed by atoms with E-state index in [-0.39, 0.29) is 0 Å². The summed E-state index contributed by atoms with van der Waals surface area (Å²) in [4.78, 5) is 1.40. The molecular weight excluding hydrogens is 266 g/mol. The smallest absolute Gasteiger partial charge is 0.175 e. The van der Waals surface area contributed by atoms with E-state index in [1.54, 1.807) is 23.9 Å². The lowest BCUT2D eigenvalue weighted by molar-refractivity contribution is 0.602. The van der Waals surface area contributed by atoms with Gasteiger partial charge in [0.25, 0.3) is 0 Å². The summed E-state index contributed by atoms with van der Waals surface area (Å²) in [5, 5.41) is 3.52. The lowest BCUT2D eigenvalue weighted by Gasteiger charge is -2.11. The highest BCUT2D eigenvalue weighted by Gasteiger charge is 2.08. The average Bonchev–Trinajstić information content (AvgIpc) is 2.29. The molecule has 5 heteroatoms. The second-order valence-corrected chi connectivity index (χ2v) is 7.53. The van der Waals surface area contributed by atoms with Crippen LogP contribution in [0.2, 0.25) is 0 Å². The number of rotatable bonds is 6. The van der Waals surface area contributed by atoms with Crippen LogP contribution in [-0.2, 0) is 9.84 Å². The van der Waals surface area contributed by atoms with Crippen molar-refractivity contribution in [3.05, 3.63) is 24.3 Å². The third-order valence-electron chi connectivity index (χ3n) is 2.25. The van der Waals surface area contributed by atoms with Gasteiger partial charge >= 0.3 is 0 Å². The van der Waals surface area contributed by atoms with Gasteiger partial charge in [-0.15, -0.1) is 18.2 Å². The summed E-state index contributed by atoms with van der Waals surface area (Å²) in [6, 6.07) is 6.94. The van der Waals surface area contributed by atoms with E-state index < -0.39 is 9.84 Å². The predicted molar refractivity (Wildman–Crippen MR) is 76.6 cm³/mol. The molecule has 98 valence electrons. The Morgan fingerprint density at radius 3 is 2.50 bits per heavy atom. The Morgan fingerprint density at radius 1 is 1.39 bits per heavy atom. The number of hydrogen-bond acceptors (Lipinski definition) is 4. The van der Waals surface area contributed by atoms with E-state index in [0.29, 0.717) is 16.7 Å². The molecule has 3 nitrogen and oxygen atoms in total. The Hall–Kier alpha value is -0.960. The van der Waals surface area contributed by atoms with Crippen LogP contribution in [0, 0.1) is 12.3 Å². The van der Waals surface area contributed by atoms with Crippen molar-refractivity contribution in [2.45, 2.75) is 22.0 Å². The van der Waals surface area contributed by atoms with Gasteiger partial charge in [0, 0.05) is 22.9 Å². The van der Waals surface area contributed by atoms with Gasteiger partial charge in [0.15, 0.2) is 9.84 Å². The summed E-state index contributed by atoms with van der Waals surface area (Å²) in [6.07, 6.45) is 6.36. The maximum atomic E-state index is 11.3. The van der Waals surface area contributed by atoms with Crippen LogP contribution in [0.5, 0.6) is 0 Å². The lowest BCUT2D eigenvalue weighted by Crippen LogP contribution is -2.22. The second-order valence-electron chi connectivity index (χ2n) is 4.01.